The highest BCUT2D eigenvalue weighted by Gasteiger charge is 2.39. The van der Waals surface area contributed by atoms with Crippen LogP contribution < -0.4 is 0 Å². The van der Waals surface area contributed by atoms with Gasteiger partial charge in [-0.3, -0.25) is 4.79 Å². The summed E-state index contributed by atoms with van der Waals surface area (Å²) in [5.74, 6) is 2.50. The summed E-state index contributed by atoms with van der Waals surface area (Å²) in [6.07, 6.45) is 7.99. The summed E-state index contributed by atoms with van der Waals surface area (Å²) in [7, 11) is 2.09. The Morgan fingerprint density at radius 1 is 1.69 bits per heavy atom. The van der Waals surface area contributed by atoms with Gasteiger partial charge in [0.15, 0.2) is 0 Å². The zero-order chi connectivity index (χ0) is 12.2. The van der Waals surface area contributed by atoms with E-state index in [0.717, 1.165) is 19.4 Å². The number of carbonyl (C=O) groups is 1. The van der Waals surface area contributed by atoms with Gasteiger partial charge in [0.2, 0.25) is 0 Å². The monoisotopic (exact) mass is 223 g/mol. The molecule has 0 bridgehead atoms. The van der Waals surface area contributed by atoms with Crippen molar-refractivity contribution in [3.63, 3.8) is 0 Å². The Morgan fingerprint density at radius 3 is 2.88 bits per heavy atom. The van der Waals surface area contributed by atoms with E-state index in [1.54, 1.807) is 0 Å². The van der Waals surface area contributed by atoms with Gasteiger partial charge < -0.3 is 9.64 Å². The lowest BCUT2D eigenvalue weighted by Gasteiger charge is -2.42. The fourth-order valence-corrected chi connectivity index (χ4v) is 2.19. The molecule has 0 aromatic heterocycles. The van der Waals surface area contributed by atoms with Crippen molar-refractivity contribution in [2.24, 2.45) is 0 Å². The Bertz CT molecular complexity index is 295. The van der Waals surface area contributed by atoms with E-state index in [2.05, 4.69) is 24.8 Å². The molecule has 3 heteroatoms. The second-order valence-electron chi connectivity index (χ2n) is 4.68. The maximum Gasteiger partial charge on any atom is 0.306 e. The van der Waals surface area contributed by atoms with E-state index in [-0.39, 0.29) is 5.97 Å². The Hall–Kier alpha value is -1.01. The Balaban J connectivity index is 2.73. The number of piperidine rings is 1. The Morgan fingerprint density at radius 2 is 2.38 bits per heavy atom. The van der Waals surface area contributed by atoms with Crippen LogP contribution in [0.25, 0.3) is 0 Å². The second-order valence-corrected chi connectivity index (χ2v) is 4.68. The number of terminal acetylenes is 1. The van der Waals surface area contributed by atoms with Gasteiger partial charge in [-0.2, -0.15) is 0 Å². The molecule has 90 valence electrons. The number of rotatable bonds is 3. The minimum absolute atomic E-state index is 0.146. The first-order valence-electron chi connectivity index (χ1n) is 5.88. The summed E-state index contributed by atoms with van der Waals surface area (Å²) in [5.41, 5.74) is -0.423. The molecular formula is C13H21NO2. The number of ether oxygens (including phenoxy) is 1. The largest absolute Gasteiger partial charge is 0.458 e. The first-order valence-corrected chi connectivity index (χ1v) is 5.88. The van der Waals surface area contributed by atoms with Gasteiger partial charge in [-0.25, -0.2) is 0 Å². The van der Waals surface area contributed by atoms with Crippen molar-refractivity contribution < 1.29 is 9.53 Å². The smallest absolute Gasteiger partial charge is 0.306 e. The third-order valence-corrected chi connectivity index (χ3v) is 3.38. The van der Waals surface area contributed by atoms with Crippen molar-refractivity contribution in [3.8, 4) is 12.3 Å². The van der Waals surface area contributed by atoms with Gasteiger partial charge in [0.1, 0.15) is 5.60 Å². The van der Waals surface area contributed by atoms with E-state index >= 15 is 0 Å². The fourth-order valence-electron chi connectivity index (χ4n) is 2.19. The first kappa shape index (κ1) is 13.1. The van der Waals surface area contributed by atoms with E-state index in [4.69, 9.17) is 11.2 Å². The number of hydrogen-bond donors (Lipinski definition) is 0. The van der Waals surface area contributed by atoms with Gasteiger partial charge in [0, 0.05) is 38.3 Å². The lowest BCUT2D eigenvalue weighted by Crippen LogP contribution is -2.49. The highest BCUT2D eigenvalue weighted by Crippen LogP contribution is 2.32. The van der Waals surface area contributed by atoms with E-state index in [9.17, 15) is 4.79 Å². The zero-order valence-corrected chi connectivity index (χ0v) is 10.5. The van der Waals surface area contributed by atoms with Crippen molar-refractivity contribution in [1.82, 2.24) is 4.90 Å². The molecule has 2 atom stereocenters. The Kier molecular flexibility index (Phi) is 4.37. The molecule has 16 heavy (non-hydrogen) atoms. The van der Waals surface area contributed by atoms with Crippen LogP contribution in [0.2, 0.25) is 0 Å². The number of carbonyl (C=O) groups excluding carboxylic acids is 1. The number of esters is 1. The summed E-state index contributed by atoms with van der Waals surface area (Å²) < 4.78 is 5.58. The quantitative estimate of drug-likeness (QED) is 0.540. The van der Waals surface area contributed by atoms with Crippen molar-refractivity contribution in [1.29, 1.82) is 0 Å². The number of nitrogens with zero attached hydrogens (tertiary/aromatic N) is 1. The summed E-state index contributed by atoms with van der Waals surface area (Å²) in [6.45, 7) is 4.88. The SMILES string of the molecule is C#CCC1(OC(=O)CC)CCN(C)C(C)C1. The van der Waals surface area contributed by atoms with Gasteiger partial charge in [0.05, 0.1) is 0 Å². The van der Waals surface area contributed by atoms with Crippen molar-refractivity contribution >= 4 is 5.97 Å². The third-order valence-electron chi connectivity index (χ3n) is 3.38. The summed E-state index contributed by atoms with van der Waals surface area (Å²) in [4.78, 5) is 13.7. The highest BCUT2D eigenvalue weighted by molar-refractivity contribution is 5.69. The molecule has 1 heterocycles. The van der Waals surface area contributed by atoms with Crippen LogP contribution in [0.1, 0.15) is 39.5 Å². The summed E-state index contributed by atoms with van der Waals surface area (Å²) in [5, 5.41) is 0. The van der Waals surface area contributed by atoms with Crippen LogP contribution in [0.3, 0.4) is 0 Å². The van der Waals surface area contributed by atoms with Crippen LogP contribution in [0, 0.1) is 12.3 Å². The van der Waals surface area contributed by atoms with Crippen molar-refractivity contribution in [3.05, 3.63) is 0 Å². The van der Waals surface area contributed by atoms with E-state index < -0.39 is 5.60 Å². The molecule has 3 nitrogen and oxygen atoms in total. The van der Waals surface area contributed by atoms with Crippen LogP contribution in [-0.4, -0.2) is 36.1 Å². The molecule has 0 spiro atoms. The number of likely N-dealkylation sites (tertiary alicyclic amines) is 1. The summed E-state index contributed by atoms with van der Waals surface area (Å²) >= 11 is 0. The average molecular weight is 223 g/mol. The molecule has 1 saturated heterocycles. The van der Waals surface area contributed by atoms with Crippen LogP contribution in [0.15, 0.2) is 0 Å². The molecular weight excluding hydrogens is 202 g/mol. The third kappa shape index (κ3) is 2.99. The predicted molar refractivity (Wildman–Crippen MR) is 63.9 cm³/mol. The topological polar surface area (TPSA) is 29.5 Å². The van der Waals surface area contributed by atoms with E-state index in [1.165, 1.54) is 0 Å². The summed E-state index contributed by atoms with van der Waals surface area (Å²) in [6, 6.07) is 0.409. The predicted octanol–water partition coefficient (Wildman–Crippen LogP) is 1.82. The average Bonchev–Trinajstić information content (AvgIpc) is 2.24. The van der Waals surface area contributed by atoms with E-state index in [1.807, 2.05) is 6.92 Å². The zero-order valence-electron chi connectivity index (χ0n) is 10.5. The van der Waals surface area contributed by atoms with Gasteiger partial charge in [-0.05, 0) is 14.0 Å². The Labute approximate surface area is 98.1 Å². The molecule has 0 saturated carbocycles. The molecule has 2 unspecified atom stereocenters. The van der Waals surface area contributed by atoms with Gasteiger partial charge in [-0.1, -0.05) is 6.92 Å². The van der Waals surface area contributed by atoms with E-state index in [0.29, 0.717) is 18.9 Å². The molecule has 0 amide bonds. The standard InChI is InChI=1S/C13H21NO2/c1-5-7-13(16-12(15)6-2)8-9-14(4)11(3)10-13/h1,11H,6-10H2,2-4H3. The van der Waals surface area contributed by atoms with Crippen LogP contribution >= 0.6 is 0 Å². The molecule has 0 aromatic carbocycles. The lowest BCUT2D eigenvalue weighted by atomic mass is 9.84. The fraction of sp³-hybridized carbons (Fsp3) is 0.769. The van der Waals surface area contributed by atoms with Crippen LogP contribution in [-0.2, 0) is 9.53 Å². The van der Waals surface area contributed by atoms with Gasteiger partial charge in [0.25, 0.3) is 0 Å². The molecule has 1 fully saturated rings. The molecule has 1 rings (SSSR count). The van der Waals surface area contributed by atoms with Crippen molar-refractivity contribution in [2.45, 2.75) is 51.2 Å². The highest BCUT2D eigenvalue weighted by atomic mass is 16.6. The van der Waals surface area contributed by atoms with Gasteiger partial charge in [-0.15, -0.1) is 12.3 Å². The maximum atomic E-state index is 11.4. The van der Waals surface area contributed by atoms with Crippen LogP contribution in [0.5, 0.6) is 0 Å². The van der Waals surface area contributed by atoms with Crippen molar-refractivity contribution in [2.75, 3.05) is 13.6 Å². The minimum Gasteiger partial charge on any atom is -0.458 e. The molecule has 0 aliphatic carbocycles. The molecule has 0 N–H and O–H groups in total. The van der Waals surface area contributed by atoms with Gasteiger partial charge >= 0.3 is 5.97 Å². The normalized spacial score (nSPS) is 30.8. The lowest BCUT2D eigenvalue weighted by molar-refractivity contribution is -0.165. The molecule has 1 aliphatic heterocycles. The molecule has 0 aromatic rings. The maximum absolute atomic E-state index is 11.4. The molecule has 0 radical (unpaired) electrons. The molecule has 1 aliphatic rings. The number of hydrogen-bond acceptors (Lipinski definition) is 3. The minimum atomic E-state index is -0.423. The first-order chi connectivity index (χ1) is 7.53. The second kappa shape index (κ2) is 5.36. The van der Waals surface area contributed by atoms with Crippen LogP contribution in [0.4, 0.5) is 0 Å².